The van der Waals surface area contributed by atoms with Crippen molar-refractivity contribution in [3.63, 3.8) is 0 Å². The minimum Gasteiger partial charge on any atom is -0.383 e. The van der Waals surface area contributed by atoms with E-state index in [0.29, 0.717) is 12.0 Å². The summed E-state index contributed by atoms with van der Waals surface area (Å²) in [5, 5.41) is 3.53. The molecule has 0 saturated heterocycles. The van der Waals surface area contributed by atoms with Gasteiger partial charge in [0.1, 0.15) is 0 Å². The standard InChI is InChI=1S/C14H23NO/c1-11(2)14(10-16-4)15-9-13-7-5-12(3)6-8-13/h5-8,11,14-15H,9-10H2,1-4H3. The maximum atomic E-state index is 5.21. The molecule has 2 nitrogen and oxygen atoms in total. The summed E-state index contributed by atoms with van der Waals surface area (Å²) in [6, 6.07) is 9.07. The van der Waals surface area contributed by atoms with E-state index in [4.69, 9.17) is 4.74 Å². The van der Waals surface area contributed by atoms with Crippen LogP contribution in [0.25, 0.3) is 0 Å². The minimum atomic E-state index is 0.423. The molecule has 0 aliphatic carbocycles. The molecule has 0 amide bonds. The molecule has 1 rings (SSSR count). The highest BCUT2D eigenvalue weighted by atomic mass is 16.5. The van der Waals surface area contributed by atoms with Crippen molar-refractivity contribution in [3.05, 3.63) is 35.4 Å². The number of benzene rings is 1. The minimum absolute atomic E-state index is 0.423. The van der Waals surface area contributed by atoms with Crippen LogP contribution in [0.4, 0.5) is 0 Å². The summed E-state index contributed by atoms with van der Waals surface area (Å²) in [4.78, 5) is 0. The monoisotopic (exact) mass is 221 g/mol. The topological polar surface area (TPSA) is 21.3 Å². The van der Waals surface area contributed by atoms with Crippen molar-refractivity contribution in [2.75, 3.05) is 13.7 Å². The third-order valence-electron chi connectivity index (χ3n) is 2.84. The Bertz CT molecular complexity index is 292. The molecule has 0 spiro atoms. The molecule has 1 N–H and O–H groups in total. The van der Waals surface area contributed by atoms with E-state index in [0.717, 1.165) is 13.2 Å². The van der Waals surface area contributed by atoms with Crippen molar-refractivity contribution in [2.24, 2.45) is 5.92 Å². The van der Waals surface area contributed by atoms with Gasteiger partial charge in [-0.1, -0.05) is 43.7 Å². The lowest BCUT2D eigenvalue weighted by atomic mass is 10.0. The highest BCUT2D eigenvalue weighted by molar-refractivity contribution is 5.21. The predicted octanol–water partition coefficient (Wildman–Crippen LogP) is 2.76. The molecule has 0 aliphatic heterocycles. The Morgan fingerprint density at radius 2 is 1.81 bits per heavy atom. The van der Waals surface area contributed by atoms with Crippen LogP contribution in [0.15, 0.2) is 24.3 Å². The van der Waals surface area contributed by atoms with Crippen molar-refractivity contribution in [1.29, 1.82) is 0 Å². The predicted molar refractivity (Wildman–Crippen MR) is 68.5 cm³/mol. The normalized spacial score (nSPS) is 13.1. The summed E-state index contributed by atoms with van der Waals surface area (Å²) in [5.41, 5.74) is 2.63. The fourth-order valence-corrected chi connectivity index (χ4v) is 1.62. The van der Waals surface area contributed by atoms with E-state index >= 15 is 0 Å². The van der Waals surface area contributed by atoms with Gasteiger partial charge < -0.3 is 10.1 Å². The average Bonchev–Trinajstić information content (AvgIpc) is 2.26. The summed E-state index contributed by atoms with van der Waals surface area (Å²) in [5.74, 6) is 0.588. The van der Waals surface area contributed by atoms with Gasteiger partial charge in [-0.25, -0.2) is 0 Å². The molecule has 1 aromatic rings. The van der Waals surface area contributed by atoms with Crippen LogP contribution in [-0.2, 0) is 11.3 Å². The van der Waals surface area contributed by atoms with Gasteiger partial charge in [-0.15, -0.1) is 0 Å². The Balaban J connectivity index is 2.45. The largest absolute Gasteiger partial charge is 0.383 e. The van der Waals surface area contributed by atoms with Crippen LogP contribution in [0.2, 0.25) is 0 Å². The Kier molecular flexibility index (Phi) is 5.50. The molecule has 0 saturated carbocycles. The van der Waals surface area contributed by atoms with Crippen LogP contribution in [0.5, 0.6) is 0 Å². The first-order valence-electron chi connectivity index (χ1n) is 5.91. The van der Waals surface area contributed by atoms with Crippen molar-refractivity contribution in [3.8, 4) is 0 Å². The number of methoxy groups -OCH3 is 1. The number of nitrogens with one attached hydrogen (secondary N) is 1. The van der Waals surface area contributed by atoms with Gasteiger partial charge in [0.25, 0.3) is 0 Å². The highest BCUT2D eigenvalue weighted by Crippen LogP contribution is 2.06. The van der Waals surface area contributed by atoms with Gasteiger partial charge in [0.2, 0.25) is 0 Å². The fourth-order valence-electron chi connectivity index (χ4n) is 1.62. The van der Waals surface area contributed by atoms with Gasteiger partial charge in [0.15, 0.2) is 0 Å². The summed E-state index contributed by atoms with van der Waals surface area (Å²) in [6.45, 7) is 8.22. The summed E-state index contributed by atoms with van der Waals surface area (Å²) in [6.07, 6.45) is 0. The Hall–Kier alpha value is -0.860. The zero-order chi connectivity index (χ0) is 12.0. The summed E-state index contributed by atoms with van der Waals surface area (Å²) < 4.78 is 5.21. The quantitative estimate of drug-likeness (QED) is 0.797. The number of ether oxygens (including phenoxy) is 1. The van der Waals surface area contributed by atoms with Crippen LogP contribution < -0.4 is 5.32 Å². The number of hydrogen-bond donors (Lipinski definition) is 1. The number of aryl methyl sites for hydroxylation is 1. The first kappa shape index (κ1) is 13.2. The number of rotatable bonds is 6. The molecule has 0 bridgehead atoms. The second-order valence-corrected chi connectivity index (χ2v) is 4.67. The third-order valence-corrected chi connectivity index (χ3v) is 2.84. The van der Waals surface area contributed by atoms with Gasteiger partial charge in [-0.2, -0.15) is 0 Å². The molecule has 1 unspecified atom stereocenters. The third kappa shape index (κ3) is 4.33. The average molecular weight is 221 g/mol. The molecule has 1 aromatic carbocycles. The van der Waals surface area contributed by atoms with E-state index in [9.17, 15) is 0 Å². The van der Waals surface area contributed by atoms with Crippen molar-refractivity contribution < 1.29 is 4.74 Å². The van der Waals surface area contributed by atoms with Crippen LogP contribution in [0.3, 0.4) is 0 Å². The van der Waals surface area contributed by atoms with Gasteiger partial charge in [0, 0.05) is 19.7 Å². The molecule has 0 aromatic heterocycles. The van der Waals surface area contributed by atoms with Crippen molar-refractivity contribution in [2.45, 2.75) is 33.4 Å². The lowest BCUT2D eigenvalue weighted by Gasteiger charge is -2.21. The summed E-state index contributed by atoms with van der Waals surface area (Å²) in [7, 11) is 1.75. The van der Waals surface area contributed by atoms with E-state index < -0.39 is 0 Å². The van der Waals surface area contributed by atoms with Gasteiger partial charge in [-0.3, -0.25) is 0 Å². The lowest BCUT2D eigenvalue weighted by molar-refractivity contribution is 0.146. The molecule has 1 atom stereocenters. The van der Waals surface area contributed by atoms with Crippen LogP contribution >= 0.6 is 0 Å². The zero-order valence-corrected chi connectivity index (χ0v) is 10.8. The maximum absolute atomic E-state index is 5.21. The van der Waals surface area contributed by atoms with Crippen LogP contribution in [0, 0.1) is 12.8 Å². The first-order valence-corrected chi connectivity index (χ1v) is 5.91. The van der Waals surface area contributed by atoms with E-state index in [1.165, 1.54) is 11.1 Å². The van der Waals surface area contributed by atoms with Crippen LogP contribution in [0.1, 0.15) is 25.0 Å². The fraction of sp³-hybridized carbons (Fsp3) is 0.571. The highest BCUT2D eigenvalue weighted by Gasteiger charge is 2.11. The maximum Gasteiger partial charge on any atom is 0.0618 e. The molecule has 0 fully saturated rings. The smallest absolute Gasteiger partial charge is 0.0618 e. The molecule has 0 heterocycles. The molecular formula is C14H23NO. The Morgan fingerprint density at radius 1 is 1.19 bits per heavy atom. The van der Waals surface area contributed by atoms with E-state index in [-0.39, 0.29) is 0 Å². The second kappa shape index (κ2) is 6.66. The molecule has 2 heteroatoms. The van der Waals surface area contributed by atoms with Crippen molar-refractivity contribution >= 4 is 0 Å². The van der Waals surface area contributed by atoms with Gasteiger partial charge in [0.05, 0.1) is 6.61 Å². The molecule has 90 valence electrons. The molecular weight excluding hydrogens is 198 g/mol. The Morgan fingerprint density at radius 3 is 2.31 bits per heavy atom. The van der Waals surface area contributed by atoms with Gasteiger partial charge >= 0.3 is 0 Å². The van der Waals surface area contributed by atoms with E-state index in [2.05, 4.69) is 50.4 Å². The van der Waals surface area contributed by atoms with E-state index in [1.807, 2.05) is 0 Å². The van der Waals surface area contributed by atoms with Crippen LogP contribution in [-0.4, -0.2) is 19.8 Å². The van der Waals surface area contributed by atoms with Gasteiger partial charge in [-0.05, 0) is 18.4 Å². The molecule has 16 heavy (non-hydrogen) atoms. The van der Waals surface area contributed by atoms with E-state index in [1.54, 1.807) is 7.11 Å². The molecule has 0 radical (unpaired) electrons. The SMILES string of the molecule is COCC(NCc1ccc(C)cc1)C(C)C. The Labute approximate surface area is 99.0 Å². The summed E-state index contributed by atoms with van der Waals surface area (Å²) >= 11 is 0. The lowest BCUT2D eigenvalue weighted by Crippen LogP contribution is -2.37. The number of hydrogen-bond acceptors (Lipinski definition) is 2. The molecule has 0 aliphatic rings. The van der Waals surface area contributed by atoms with Crippen molar-refractivity contribution in [1.82, 2.24) is 5.32 Å². The second-order valence-electron chi connectivity index (χ2n) is 4.67. The zero-order valence-electron chi connectivity index (χ0n) is 10.8. The first-order chi connectivity index (χ1) is 7.63.